The van der Waals surface area contributed by atoms with E-state index in [1.54, 1.807) is 24.3 Å². The Balaban J connectivity index is 1.39. The van der Waals surface area contributed by atoms with Crippen LogP contribution < -0.4 is 4.74 Å². The highest BCUT2D eigenvalue weighted by molar-refractivity contribution is 5.78. The van der Waals surface area contributed by atoms with Crippen LogP contribution in [-0.4, -0.2) is 35.6 Å². The number of para-hydroxylation sites is 2. The fraction of sp³-hybridized carbons (Fsp3) is 0.409. The number of nitrogens with zero attached hydrogens (tertiary/aromatic N) is 1. The highest BCUT2D eigenvalue weighted by Gasteiger charge is 2.23. The fourth-order valence-corrected chi connectivity index (χ4v) is 3.41. The first-order valence-corrected chi connectivity index (χ1v) is 9.36. The third kappa shape index (κ3) is 5.01. The molecule has 138 valence electrons. The Hall–Kier alpha value is -2.49. The van der Waals surface area contributed by atoms with E-state index < -0.39 is 0 Å². The summed E-state index contributed by atoms with van der Waals surface area (Å²) < 4.78 is 5.45. The number of aromatic hydroxyl groups is 1. The fourth-order valence-electron chi connectivity index (χ4n) is 3.41. The molecule has 1 amide bonds. The molecule has 1 fully saturated rings. The first kappa shape index (κ1) is 18.3. The molecule has 2 aromatic carbocycles. The lowest BCUT2D eigenvalue weighted by Gasteiger charge is -2.32. The number of aryl methyl sites for hydroxylation is 2. The molecule has 0 atom stereocenters. The van der Waals surface area contributed by atoms with Crippen LogP contribution in [0.3, 0.4) is 0 Å². The average molecular weight is 353 g/mol. The summed E-state index contributed by atoms with van der Waals surface area (Å²) >= 11 is 0. The van der Waals surface area contributed by atoms with Gasteiger partial charge >= 0.3 is 0 Å². The van der Waals surface area contributed by atoms with Crippen LogP contribution in [-0.2, 0) is 11.2 Å². The van der Waals surface area contributed by atoms with Gasteiger partial charge < -0.3 is 14.7 Å². The van der Waals surface area contributed by atoms with E-state index in [-0.39, 0.29) is 18.3 Å². The largest absolute Gasteiger partial charge is 0.504 e. The number of rotatable bonds is 6. The topological polar surface area (TPSA) is 49.8 Å². The van der Waals surface area contributed by atoms with Crippen LogP contribution in [0, 0.1) is 12.8 Å². The summed E-state index contributed by atoms with van der Waals surface area (Å²) in [5.41, 5.74) is 2.69. The van der Waals surface area contributed by atoms with Crippen LogP contribution in [0.5, 0.6) is 11.5 Å². The Kier molecular flexibility index (Phi) is 6.16. The zero-order chi connectivity index (χ0) is 18.4. The molecule has 2 aromatic rings. The van der Waals surface area contributed by atoms with Gasteiger partial charge in [0, 0.05) is 13.1 Å². The molecule has 0 saturated carbocycles. The Morgan fingerprint density at radius 2 is 1.81 bits per heavy atom. The monoisotopic (exact) mass is 353 g/mol. The van der Waals surface area contributed by atoms with E-state index in [0.717, 1.165) is 32.4 Å². The lowest BCUT2D eigenvalue weighted by Crippen LogP contribution is -2.41. The molecular formula is C22H27NO3. The van der Waals surface area contributed by atoms with Crippen molar-refractivity contribution in [1.29, 1.82) is 0 Å². The van der Waals surface area contributed by atoms with E-state index >= 15 is 0 Å². The summed E-state index contributed by atoms with van der Waals surface area (Å²) in [5.74, 6) is 1.09. The number of amides is 1. The number of benzene rings is 2. The van der Waals surface area contributed by atoms with Crippen LogP contribution in [0.25, 0.3) is 0 Å². The SMILES string of the molecule is Cc1ccc(CCC2CCN(C(=O)COc3ccccc3O)CC2)cc1. The maximum atomic E-state index is 12.3. The third-order valence-corrected chi connectivity index (χ3v) is 5.15. The van der Waals surface area contributed by atoms with Crippen molar-refractivity contribution >= 4 is 5.91 Å². The average Bonchev–Trinajstić information content (AvgIpc) is 2.67. The van der Waals surface area contributed by atoms with Gasteiger partial charge in [0.05, 0.1) is 0 Å². The molecule has 1 heterocycles. The lowest BCUT2D eigenvalue weighted by molar-refractivity contribution is -0.134. The summed E-state index contributed by atoms with van der Waals surface area (Å²) in [6.45, 7) is 3.67. The number of hydrogen-bond acceptors (Lipinski definition) is 3. The molecule has 0 aliphatic carbocycles. The van der Waals surface area contributed by atoms with Crippen molar-refractivity contribution in [1.82, 2.24) is 4.90 Å². The minimum atomic E-state index is -0.0222. The molecule has 1 aliphatic rings. The minimum absolute atomic E-state index is 0.00904. The van der Waals surface area contributed by atoms with Crippen molar-refractivity contribution in [2.45, 2.75) is 32.6 Å². The number of piperidine rings is 1. The van der Waals surface area contributed by atoms with Crippen LogP contribution in [0.15, 0.2) is 48.5 Å². The standard InChI is InChI=1S/C22H27NO3/c1-17-6-8-18(9-7-17)10-11-19-12-14-23(15-13-19)22(25)16-26-21-5-3-2-4-20(21)24/h2-9,19,24H,10-16H2,1H3. The summed E-state index contributed by atoms with van der Waals surface area (Å²) in [4.78, 5) is 14.2. The highest BCUT2D eigenvalue weighted by Crippen LogP contribution is 2.25. The van der Waals surface area contributed by atoms with Gasteiger partial charge in [-0.3, -0.25) is 4.79 Å². The minimum Gasteiger partial charge on any atom is -0.504 e. The predicted molar refractivity (Wildman–Crippen MR) is 102 cm³/mol. The van der Waals surface area contributed by atoms with E-state index in [1.165, 1.54) is 17.5 Å². The first-order chi connectivity index (χ1) is 12.6. The number of phenolic OH excluding ortho intramolecular Hbond substituents is 1. The van der Waals surface area contributed by atoms with Crippen molar-refractivity contribution in [3.05, 3.63) is 59.7 Å². The van der Waals surface area contributed by atoms with Gasteiger partial charge in [0.15, 0.2) is 18.1 Å². The van der Waals surface area contributed by atoms with E-state index in [0.29, 0.717) is 11.7 Å². The zero-order valence-corrected chi connectivity index (χ0v) is 15.4. The molecule has 0 spiro atoms. The van der Waals surface area contributed by atoms with Gasteiger partial charge in [-0.15, -0.1) is 0 Å². The number of carbonyl (C=O) groups is 1. The highest BCUT2D eigenvalue weighted by atomic mass is 16.5. The second kappa shape index (κ2) is 8.75. The van der Waals surface area contributed by atoms with Gasteiger partial charge in [0.2, 0.25) is 0 Å². The summed E-state index contributed by atoms with van der Waals surface area (Å²) in [6.07, 6.45) is 4.39. The van der Waals surface area contributed by atoms with Crippen LogP contribution in [0.1, 0.15) is 30.4 Å². The lowest BCUT2D eigenvalue weighted by atomic mass is 9.90. The van der Waals surface area contributed by atoms with Gasteiger partial charge in [-0.1, -0.05) is 42.0 Å². The van der Waals surface area contributed by atoms with Crippen molar-refractivity contribution in [2.75, 3.05) is 19.7 Å². The first-order valence-electron chi connectivity index (χ1n) is 9.36. The van der Waals surface area contributed by atoms with Crippen molar-refractivity contribution in [3.8, 4) is 11.5 Å². The number of hydrogen-bond donors (Lipinski definition) is 1. The van der Waals surface area contributed by atoms with Crippen LogP contribution in [0.4, 0.5) is 0 Å². The second-order valence-electron chi connectivity index (χ2n) is 7.10. The van der Waals surface area contributed by atoms with Crippen molar-refractivity contribution < 1.29 is 14.6 Å². The number of likely N-dealkylation sites (tertiary alicyclic amines) is 1. The van der Waals surface area contributed by atoms with Gasteiger partial charge in [-0.25, -0.2) is 0 Å². The van der Waals surface area contributed by atoms with E-state index in [4.69, 9.17) is 4.74 Å². The molecule has 0 unspecified atom stereocenters. The third-order valence-electron chi connectivity index (χ3n) is 5.15. The van der Waals surface area contributed by atoms with E-state index in [9.17, 15) is 9.90 Å². The number of ether oxygens (including phenoxy) is 1. The molecule has 1 N–H and O–H groups in total. The Morgan fingerprint density at radius 3 is 2.50 bits per heavy atom. The Morgan fingerprint density at radius 1 is 1.12 bits per heavy atom. The quantitative estimate of drug-likeness (QED) is 0.855. The van der Waals surface area contributed by atoms with Gasteiger partial charge in [0.25, 0.3) is 5.91 Å². The maximum absolute atomic E-state index is 12.3. The molecule has 1 saturated heterocycles. The predicted octanol–water partition coefficient (Wildman–Crippen LogP) is 3.95. The molecule has 3 rings (SSSR count). The van der Waals surface area contributed by atoms with Gasteiger partial charge in [0.1, 0.15) is 0 Å². The Labute approximate surface area is 155 Å². The second-order valence-corrected chi connectivity index (χ2v) is 7.10. The summed E-state index contributed by atoms with van der Waals surface area (Å²) in [6, 6.07) is 15.5. The molecule has 4 nitrogen and oxygen atoms in total. The summed E-state index contributed by atoms with van der Waals surface area (Å²) in [7, 11) is 0. The number of carbonyl (C=O) groups excluding carboxylic acids is 1. The maximum Gasteiger partial charge on any atom is 0.260 e. The van der Waals surface area contributed by atoms with Crippen molar-refractivity contribution in [2.24, 2.45) is 5.92 Å². The summed E-state index contributed by atoms with van der Waals surface area (Å²) in [5, 5.41) is 9.69. The molecule has 0 aromatic heterocycles. The smallest absolute Gasteiger partial charge is 0.260 e. The van der Waals surface area contributed by atoms with Gasteiger partial charge in [-0.05, 0) is 56.2 Å². The molecule has 4 heteroatoms. The van der Waals surface area contributed by atoms with E-state index in [2.05, 4.69) is 31.2 Å². The molecule has 0 bridgehead atoms. The molecule has 26 heavy (non-hydrogen) atoms. The van der Waals surface area contributed by atoms with E-state index in [1.807, 2.05) is 4.90 Å². The Bertz CT molecular complexity index is 718. The van der Waals surface area contributed by atoms with Gasteiger partial charge in [-0.2, -0.15) is 0 Å². The van der Waals surface area contributed by atoms with Crippen LogP contribution >= 0.6 is 0 Å². The molecule has 0 radical (unpaired) electrons. The molecule has 1 aliphatic heterocycles. The van der Waals surface area contributed by atoms with Crippen molar-refractivity contribution in [3.63, 3.8) is 0 Å². The normalized spacial score (nSPS) is 15.0. The zero-order valence-electron chi connectivity index (χ0n) is 15.4. The van der Waals surface area contributed by atoms with Crippen LogP contribution in [0.2, 0.25) is 0 Å². The number of phenols is 1. The molecular weight excluding hydrogens is 326 g/mol.